The third kappa shape index (κ3) is 599. The summed E-state index contributed by atoms with van der Waals surface area (Å²) in [4.78, 5) is 0. The Kier molecular flexibility index (Phi) is 86.2. The van der Waals surface area contributed by atoms with E-state index in [0.29, 0.717) is 0 Å². The van der Waals surface area contributed by atoms with Crippen molar-refractivity contribution in [2.45, 2.75) is 0 Å². The predicted molar refractivity (Wildman–Crippen MR) is 21.4 cm³/mol. The van der Waals surface area contributed by atoms with E-state index in [9.17, 15) is 0 Å². The zero-order chi connectivity index (χ0) is 14.3. The van der Waals surface area contributed by atoms with Crippen molar-refractivity contribution in [1.82, 2.24) is 0 Å². The minimum absolute atomic E-state index is 0. The summed E-state index contributed by atoms with van der Waals surface area (Å²) in [5.41, 5.74) is 0. The molecule has 0 rings (SSSR count). The van der Waals surface area contributed by atoms with E-state index in [1.807, 2.05) is 0 Å². The second kappa shape index (κ2) is 37.8. The van der Waals surface area contributed by atoms with E-state index in [0.717, 1.165) is 0 Å². The third-order valence-electron chi connectivity index (χ3n) is 0. The van der Waals surface area contributed by atoms with Gasteiger partial charge in [-0.1, -0.05) is 0 Å². The third-order valence-corrected chi connectivity index (χ3v) is 0. The molecule has 0 fully saturated rings. The van der Waals surface area contributed by atoms with Gasteiger partial charge in [0.1, 0.15) is 0 Å². The summed E-state index contributed by atoms with van der Waals surface area (Å²) in [5.74, 6) is 0. The Morgan fingerprint density at radius 3 is 0.579 bits per heavy atom. The van der Waals surface area contributed by atoms with E-state index in [2.05, 4.69) is 0 Å². The number of hydrogen-bond acceptors (Lipinski definition) is 12. The van der Waals surface area contributed by atoms with Crippen LogP contribution in [0.25, 0.3) is 0 Å². The van der Waals surface area contributed by atoms with Crippen LogP contribution in [0.1, 0.15) is 0 Å². The van der Waals surface area contributed by atoms with Gasteiger partial charge in [0.25, 0.3) is 0 Å². The van der Waals surface area contributed by atoms with Gasteiger partial charge in [-0.3, -0.25) is 0 Å². The summed E-state index contributed by atoms with van der Waals surface area (Å²) in [5, 5.41) is 0. The van der Waals surface area contributed by atoms with Gasteiger partial charge in [0, 0.05) is 0 Å². The summed E-state index contributed by atoms with van der Waals surface area (Å²) < 4.78 is 103. The Morgan fingerprint density at radius 2 is 0.579 bits per heavy atom. The van der Waals surface area contributed by atoms with Gasteiger partial charge >= 0.3 is 186 Å². The molecule has 19 heavy (non-hydrogen) atoms. The van der Waals surface area contributed by atoms with Crippen molar-refractivity contribution in [3.63, 3.8) is 0 Å². The molecule has 0 aliphatic rings. The molecule has 0 aliphatic carbocycles. The van der Waals surface area contributed by atoms with Gasteiger partial charge in [0.2, 0.25) is 0 Å². The van der Waals surface area contributed by atoms with Gasteiger partial charge < -0.3 is 0 Å². The molecule has 0 N–H and O–H groups in total. The van der Waals surface area contributed by atoms with Gasteiger partial charge in [0.15, 0.2) is 0 Å². The van der Waals surface area contributed by atoms with Crippen molar-refractivity contribution in [1.29, 1.82) is 0 Å². The quantitative estimate of drug-likeness (QED) is 0.257. The summed E-state index contributed by atoms with van der Waals surface area (Å²) in [7, 11) is 0. The van der Waals surface area contributed by atoms with E-state index in [1.54, 1.807) is 0 Å². The normalized spacial score (nSPS) is 5.37. The zero-order valence-corrected chi connectivity index (χ0v) is 20.7. The Hall–Kier alpha value is 3.77. The first-order chi connectivity index (χ1) is 6.93. The Morgan fingerprint density at radius 1 is 0.579 bits per heavy atom. The van der Waals surface area contributed by atoms with Crippen molar-refractivity contribution in [2.75, 3.05) is 0 Å². The average molecular weight is 546 g/mol. The maximum absolute atomic E-state index is 8.60. The van der Waals surface area contributed by atoms with Gasteiger partial charge in [0.05, 0.1) is 0 Å². The monoisotopic (exact) mass is 546 g/mol. The van der Waals surface area contributed by atoms with Gasteiger partial charge in [-0.15, -0.1) is 0 Å². The molecule has 0 saturated carbocycles. The van der Waals surface area contributed by atoms with Crippen LogP contribution in [-0.2, 0) is 94.5 Å². The van der Waals surface area contributed by atoms with E-state index in [-0.39, 0.29) is 69.2 Å². The predicted octanol–water partition coefficient (Wildman–Crippen LogP) is -9.00. The molecule has 96 valence electrons. The molecular formula is Mg3Nb2O12Ti2. The molecule has 0 atom stereocenters. The van der Waals surface area contributed by atoms with Crippen molar-refractivity contribution in [3.8, 4) is 0 Å². The number of rotatable bonds is 0. The van der Waals surface area contributed by atoms with Gasteiger partial charge in [-0.05, 0) is 0 Å². The Balaban J connectivity index is -0.0000000192. The average Bonchev–Trinajstić information content (AvgIpc) is 1.76. The topological polar surface area (TPSA) is 241 Å². The van der Waals surface area contributed by atoms with Crippen molar-refractivity contribution >= 4 is 69.2 Å². The fourth-order valence-corrected chi connectivity index (χ4v) is 0. The van der Waals surface area contributed by atoms with Crippen LogP contribution in [0.2, 0.25) is 0 Å². The first-order valence-corrected chi connectivity index (χ1v) is 11.5. The standard InChI is InChI=1S/3Mg.2Nb.12O.2Ti/q3*+2;;;;;;;;;6*-1;;. The molecule has 0 aromatic rings. The van der Waals surface area contributed by atoms with Crippen molar-refractivity contribution in [2.24, 2.45) is 0 Å². The Bertz CT molecular complexity index is 265. The van der Waals surface area contributed by atoms with Crippen LogP contribution in [0, 0.1) is 0 Å². The van der Waals surface area contributed by atoms with E-state index < -0.39 is 74.8 Å². The van der Waals surface area contributed by atoms with Crippen LogP contribution in [0.3, 0.4) is 0 Å². The van der Waals surface area contributed by atoms with Crippen molar-refractivity contribution in [3.05, 3.63) is 0 Å². The van der Waals surface area contributed by atoms with E-state index in [1.165, 1.54) is 0 Å². The number of hydrogen-bond donors (Lipinski definition) is 0. The van der Waals surface area contributed by atoms with Crippen molar-refractivity contribution < 1.29 is 116 Å². The summed E-state index contributed by atoms with van der Waals surface area (Å²) in [6.45, 7) is 0. The van der Waals surface area contributed by atoms with Crippen LogP contribution < -0.4 is 22.0 Å². The molecule has 0 radical (unpaired) electrons. The first kappa shape index (κ1) is 43.4. The van der Waals surface area contributed by atoms with Crippen LogP contribution in [0.15, 0.2) is 0 Å². The molecule has 0 bridgehead atoms. The zero-order valence-electron chi connectivity index (χ0n) is 8.91. The molecule has 0 unspecified atom stereocenters. The fraction of sp³-hybridized carbons (Fsp3) is 0. The van der Waals surface area contributed by atoms with Crippen LogP contribution in [-0.4, -0.2) is 69.2 Å². The fourth-order valence-electron chi connectivity index (χ4n) is 0. The van der Waals surface area contributed by atoms with Crippen LogP contribution in [0.4, 0.5) is 0 Å². The SMILES string of the molecule is [Mg+2].[Mg+2].[Mg+2].[O]=[Nb](=[O])[O-].[O]=[Nb](=[O])[O-].[O]=[Ti]([O-])[O-].[O]=[Ti]([O-])[O-]. The summed E-state index contributed by atoms with van der Waals surface area (Å²) in [6.07, 6.45) is 0. The van der Waals surface area contributed by atoms with Crippen LogP contribution >= 0.6 is 0 Å². The molecule has 12 nitrogen and oxygen atoms in total. The molecule has 0 heterocycles. The first-order valence-electron chi connectivity index (χ1n) is 2.32. The second-order valence-corrected chi connectivity index (χ2v) is 4.71. The Labute approximate surface area is 182 Å². The van der Waals surface area contributed by atoms with E-state index >= 15 is 0 Å². The molecule has 0 aromatic carbocycles. The molecular weight excluding hydrogens is 546 g/mol. The maximum atomic E-state index is 8.60. The van der Waals surface area contributed by atoms with Crippen LogP contribution in [0.5, 0.6) is 0 Å². The van der Waals surface area contributed by atoms with Gasteiger partial charge in [-0.25, -0.2) is 0 Å². The molecule has 0 spiro atoms. The second-order valence-electron chi connectivity index (χ2n) is 0.947. The summed E-state index contributed by atoms with van der Waals surface area (Å²) in [6, 6.07) is 0. The minimum atomic E-state index is -4.20. The summed E-state index contributed by atoms with van der Waals surface area (Å²) >= 11 is -16.6. The molecule has 0 saturated heterocycles. The molecule has 0 aromatic heterocycles. The molecule has 0 amide bonds. The van der Waals surface area contributed by atoms with E-state index in [4.69, 9.17) is 41.6 Å². The van der Waals surface area contributed by atoms with Gasteiger partial charge in [-0.2, -0.15) is 0 Å². The molecule has 0 aliphatic heterocycles. The molecule has 19 heteroatoms.